The molecule has 1 spiro atoms. The van der Waals surface area contributed by atoms with E-state index in [1.165, 1.54) is 12.1 Å². The van der Waals surface area contributed by atoms with Crippen molar-refractivity contribution in [1.29, 1.82) is 0 Å². The van der Waals surface area contributed by atoms with Gasteiger partial charge in [-0.2, -0.15) is 0 Å². The van der Waals surface area contributed by atoms with Crippen molar-refractivity contribution in [3.05, 3.63) is 125 Å². The summed E-state index contributed by atoms with van der Waals surface area (Å²) >= 11 is 0. The molecule has 1 aromatic heterocycles. The lowest BCUT2D eigenvalue weighted by Gasteiger charge is -2.27. The molecule has 0 radical (unpaired) electrons. The van der Waals surface area contributed by atoms with Crippen LogP contribution in [0.1, 0.15) is 30.2 Å². The van der Waals surface area contributed by atoms with Gasteiger partial charge in [-0.1, -0.05) is 18.2 Å². The predicted octanol–water partition coefficient (Wildman–Crippen LogP) is 0.242. The molecule has 6 rings (SSSR count). The monoisotopic (exact) mass is 557 g/mol. The van der Waals surface area contributed by atoms with E-state index in [0.29, 0.717) is 0 Å². The first-order valence-electron chi connectivity index (χ1n) is 12.5. The van der Waals surface area contributed by atoms with Crippen molar-refractivity contribution < 1.29 is 24.4 Å². The van der Waals surface area contributed by atoms with Crippen molar-refractivity contribution in [3.8, 4) is 11.5 Å². The fourth-order valence-electron chi connectivity index (χ4n) is 6.17. The molecule has 0 unspecified atom stereocenters. The molecule has 4 aliphatic rings. The fourth-order valence-corrected chi connectivity index (χ4v) is 6.17. The first kappa shape index (κ1) is 25.9. The Morgan fingerprint density at radius 3 is 2.22 bits per heavy atom. The largest absolute Gasteiger partial charge is 0.510 e. The standard InChI is InChI=1S/C30H20FNO9/c1-3-4-5-6-11-9-13-16(29(40)32-11)26(37)21-12(22(13)31)7-8-30(21)27(38)19-20(28(30)39)25(36)18-17(24(19)35)14(33)10-15(41-2)23(18)34/h3-6,9-10,37-39H,7-8H2,1-2H3,(H,32,40)/t30-/m0/s1. The molecule has 1 aromatic carbocycles. The summed E-state index contributed by atoms with van der Waals surface area (Å²) in [6, 6.07) is 2.07. The summed E-state index contributed by atoms with van der Waals surface area (Å²) in [6.45, 7) is 1.79. The predicted molar refractivity (Wildman–Crippen MR) is 147 cm³/mol. The summed E-state index contributed by atoms with van der Waals surface area (Å²) < 4.78 is 20.9. The number of pyridine rings is 1. The van der Waals surface area contributed by atoms with Crippen molar-refractivity contribution in [2.24, 2.45) is 0 Å². The van der Waals surface area contributed by atoms with Crippen molar-refractivity contribution >= 4 is 28.4 Å². The van der Waals surface area contributed by atoms with E-state index in [9.17, 15) is 39.3 Å². The van der Waals surface area contributed by atoms with Gasteiger partial charge in [0, 0.05) is 22.7 Å². The molecule has 0 aliphatic heterocycles. The average Bonchev–Trinajstić information content (AvgIpc) is 3.45. The Morgan fingerprint density at radius 1 is 0.927 bits per heavy atom. The number of aliphatic hydroxyl groups excluding tert-OH is 2. The van der Waals surface area contributed by atoms with Gasteiger partial charge in [-0.15, -0.1) is 0 Å². The quantitative estimate of drug-likeness (QED) is 0.258. The van der Waals surface area contributed by atoms with Crippen LogP contribution in [0, 0.1) is 16.3 Å². The number of aromatic nitrogens is 1. The number of ether oxygens (including phenoxy) is 1. The van der Waals surface area contributed by atoms with Gasteiger partial charge in [-0.05, 0) is 37.5 Å². The number of methoxy groups -OCH3 is 1. The molecule has 4 N–H and O–H groups in total. The van der Waals surface area contributed by atoms with E-state index in [-0.39, 0.29) is 35.0 Å². The molecule has 41 heavy (non-hydrogen) atoms. The number of hydrogen-bond acceptors (Lipinski definition) is 9. The molecule has 2 aromatic rings. The number of phenols is 1. The van der Waals surface area contributed by atoms with E-state index in [4.69, 9.17) is 4.74 Å². The van der Waals surface area contributed by atoms with E-state index >= 15 is 4.39 Å². The zero-order valence-electron chi connectivity index (χ0n) is 21.5. The van der Waals surface area contributed by atoms with Crippen molar-refractivity contribution in [2.45, 2.75) is 25.2 Å². The second kappa shape index (κ2) is 8.59. The third-order valence-electron chi connectivity index (χ3n) is 7.96. The number of benzene rings is 1. The van der Waals surface area contributed by atoms with Gasteiger partial charge in [0.25, 0.3) is 5.56 Å². The van der Waals surface area contributed by atoms with Gasteiger partial charge in [0.15, 0.2) is 11.2 Å². The minimum Gasteiger partial charge on any atom is -0.510 e. The van der Waals surface area contributed by atoms with Gasteiger partial charge >= 0.3 is 0 Å². The number of H-pyrrole nitrogens is 1. The van der Waals surface area contributed by atoms with Crippen LogP contribution in [-0.4, -0.2) is 27.4 Å². The molecule has 0 saturated heterocycles. The first-order valence-corrected chi connectivity index (χ1v) is 12.5. The molecule has 0 saturated carbocycles. The Bertz CT molecular complexity index is 2410. The fraction of sp³-hybridized carbons (Fsp3) is 0.167. The van der Waals surface area contributed by atoms with E-state index in [2.05, 4.69) is 4.98 Å². The van der Waals surface area contributed by atoms with Crippen molar-refractivity contribution in [3.63, 3.8) is 0 Å². The number of allylic oxidation sites excluding steroid dienone is 3. The second-order valence-electron chi connectivity index (χ2n) is 9.91. The Hall–Kier alpha value is -5.32. The average molecular weight is 557 g/mol. The second-order valence-corrected chi connectivity index (χ2v) is 9.91. The highest BCUT2D eigenvalue weighted by Gasteiger charge is 2.54. The highest BCUT2D eigenvalue weighted by molar-refractivity contribution is 5.95. The van der Waals surface area contributed by atoms with Crippen LogP contribution in [0.25, 0.3) is 28.4 Å². The summed E-state index contributed by atoms with van der Waals surface area (Å²) in [5.74, 6) is -3.94. The van der Waals surface area contributed by atoms with Crippen LogP contribution in [-0.2, 0) is 11.8 Å². The van der Waals surface area contributed by atoms with E-state index in [1.807, 2.05) is 0 Å². The van der Waals surface area contributed by atoms with Crippen LogP contribution < -0.4 is 42.4 Å². The molecule has 206 valence electrons. The minimum atomic E-state index is -2.18. The maximum absolute atomic E-state index is 16.0. The topological polar surface area (TPSA) is 171 Å². The Kier molecular flexibility index (Phi) is 5.43. The van der Waals surface area contributed by atoms with Gasteiger partial charge in [0.1, 0.15) is 28.5 Å². The normalized spacial score (nSPS) is 18.0. The van der Waals surface area contributed by atoms with Gasteiger partial charge in [-0.3, -0.25) is 24.0 Å². The van der Waals surface area contributed by atoms with Crippen LogP contribution in [0.3, 0.4) is 0 Å². The Balaban J connectivity index is 1.78. The third kappa shape index (κ3) is 3.08. The molecule has 10 nitrogen and oxygen atoms in total. The summed E-state index contributed by atoms with van der Waals surface area (Å²) in [5, 5.41) is 30.5. The lowest BCUT2D eigenvalue weighted by molar-refractivity contribution is 0.362. The first-order chi connectivity index (χ1) is 19.5. The maximum Gasteiger partial charge on any atom is 0.260 e. The number of nitrogens with one attached hydrogen (secondary N) is 1. The highest BCUT2D eigenvalue weighted by atomic mass is 19.1. The lowest BCUT2D eigenvalue weighted by Crippen LogP contribution is -2.51. The van der Waals surface area contributed by atoms with E-state index < -0.39 is 87.8 Å². The van der Waals surface area contributed by atoms with Gasteiger partial charge < -0.3 is 25.0 Å². The zero-order chi connectivity index (χ0) is 29.5. The Morgan fingerprint density at radius 2 is 1.59 bits per heavy atom. The minimum absolute atomic E-state index is 0.143. The smallest absolute Gasteiger partial charge is 0.260 e. The molecular weight excluding hydrogens is 537 g/mol. The van der Waals surface area contributed by atoms with Gasteiger partial charge in [0.05, 0.1) is 33.4 Å². The maximum atomic E-state index is 16.0. The number of fused-ring (bicyclic) bond motifs is 4. The Labute approximate surface area is 226 Å². The highest BCUT2D eigenvalue weighted by Crippen LogP contribution is 2.54. The zero-order valence-corrected chi connectivity index (χ0v) is 21.5. The third-order valence-corrected chi connectivity index (χ3v) is 7.96. The molecule has 11 heteroatoms. The molecule has 0 amide bonds. The van der Waals surface area contributed by atoms with Crippen LogP contribution in [0.4, 0.5) is 4.39 Å². The summed E-state index contributed by atoms with van der Waals surface area (Å²) in [7, 11) is 1.09. The van der Waals surface area contributed by atoms with Gasteiger partial charge in [-0.25, -0.2) is 4.39 Å². The number of aromatic amines is 1. The summed E-state index contributed by atoms with van der Waals surface area (Å²) in [5.41, 5.74) is -7.79. The number of halogens is 1. The summed E-state index contributed by atoms with van der Waals surface area (Å²) in [4.78, 5) is 68.2. The lowest BCUT2D eigenvalue weighted by atomic mass is 9.78. The van der Waals surface area contributed by atoms with Crippen molar-refractivity contribution in [1.82, 2.24) is 4.98 Å². The van der Waals surface area contributed by atoms with E-state index in [0.717, 1.165) is 13.2 Å². The molecule has 1 atom stereocenters. The number of hydrogen-bond donors (Lipinski definition) is 4. The molecule has 0 fully saturated rings. The molecule has 0 bridgehead atoms. The van der Waals surface area contributed by atoms with E-state index in [1.54, 1.807) is 25.2 Å². The molecule has 4 aliphatic carbocycles. The van der Waals surface area contributed by atoms with Crippen LogP contribution in [0.5, 0.6) is 11.5 Å². The molecule has 1 heterocycles. The van der Waals surface area contributed by atoms with Crippen LogP contribution in [0.2, 0.25) is 0 Å². The number of phenolic OH excluding ortho intramolecular Hbond substituents is 1. The SMILES string of the molecule is CC=CC=Cc1cc2c(F)c3c(c(O)c2c(=O)[nH]1)[C@@]1(CC3)C(O)=c2c(=O)c3c(=O)cc(OC)c(=O)c=3c(=O)c2=C1O. The van der Waals surface area contributed by atoms with Crippen molar-refractivity contribution in [2.75, 3.05) is 7.11 Å². The van der Waals surface area contributed by atoms with Crippen LogP contribution in [0.15, 0.2) is 54.3 Å². The summed E-state index contributed by atoms with van der Waals surface area (Å²) in [6.07, 6.45) is 6.12. The number of aliphatic hydroxyl groups is 2. The van der Waals surface area contributed by atoms with Gasteiger partial charge in [0.2, 0.25) is 16.3 Å². The number of rotatable bonds is 3. The molecular formula is C30H20FNO9. The number of aromatic hydroxyl groups is 1. The van der Waals surface area contributed by atoms with Crippen LogP contribution >= 0.6 is 0 Å².